The summed E-state index contributed by atoms with van der Waals surface area (Å²) in [5.41, 5.74) is 0. The predicted octanol–water partition coefficient (Wildman–Crippen LogP) is -0.829. The van der Waals surface area contributed by atoms with E-state index in [9.17, 15) is 25.3 Å². The zero-order chi connectivity index (χ0) is 17.6. The van der Waals surface area contributed by atoms with Gasteiger partial charge in [0.25, 0.3) is 0 Å². The van der Waals surface area contributed by atoms with Crippen molar-refractivity contribution in [1.29, 1.82) is 0 Å². The van der Waals surface area contributed by atoms with Crippen molar-refractivity contribution in [3.63, 3.8) is 0 Å². The Kier molecular flexibility index (Phi) is 5.02. The average Bonchev–Trinajstić information content (AvgIpc) is 3.16. The molecule has 3 aliphatic rings. The van der Waals surface area contributed by atoms with Crippen molar-refractivity contribution in [2.45, 2.75) is 43.1 Å². The summed E-state index contributed by atoms with van der Waals surface area (Å²) in [4.78, 5) is 0. The molecule has 3 fully saturated rings. The Morgan fingerprint density at radius 3 is 2.12 bits per heavy atom. The fourth-order valence-electron chi connectivity index (χ4n) is 3.64. The topological polar surface area (TPSA) is 115 Å². The molecule has 0 aromatic carbocycles. The fourth-order valence-corrected chi connectivity index (χ4v) is 10.2. The standard InChI is InChI=1S/C13H23NO7S3/c15-22(16)6-3-11(9-22)14(8-12-2-1-5-21-12)24(19,20)13-4-7-23(17,18)10-13/h11-13H,1-10H2. The van der Waals surface area contributed by atoms with Gasteiger partial charge in [0.15, 0.2) is 19.7 Å². The van der Waals surface area contributed by atoms with Crippen LogP contribution in [0, 0.1) is 0 Å². The number of rotatable bonds is 5. The molecule has 0 saturated carbocycles. The molecule has 0 bridgehead atoms. The lowest BCUT2D eigenvalue weighted by Gasteiger charge is -2.31. The number of sulfonamides is 1. The van der Waals surface area contributed by atoms with Gasteiger partial charge in [0, 0.05) is 19.2 Å². The second-order valence-corrected chi connectivity index (χ2v) is 13.5. The van der Waals surface area contributed by atoms with Gasteiger partial charge in [0.1, 0.15) is 0 Å². The summed E-state index contributed by atoms with van der Waals surface area (Å²) in [7, 11) is -10.5. The van der Waals surface area contributed by atoms with E-state index in [1.807, 2.05) is 0 Å². The second-order valence-electron chi connectivity index (χ2n) is 6.83. The Balaban J connectivity index is 1.85. The molecular formula is C13H23NO7S3. The maximum Gasteiger partial charge on any atom is 0.218 e. The molecule has 3 atom stereocenters. The zero-order valence-electron chi connectivity index (χ0n) is 13.3. The quantitative estimate of drug-likeness (QED) is 0.590. The smallest absolute Gasteiger partial charge is 0.218 e. The molecule has 0 radical (unpaired) electrons. The van der Waals surface area contributed by atoms with Crippen LogP contribution in [0.2, 0.25) is 0 Å². The van der Waals surface area contributed by atoms with Gasteiger partial charge in [-0.1, -0.05) is 0 Å². The minimum absolute atomic E-state index is 0.0296. The van der Waals surface area contributed by atoms with E-state index in [0.717, 1.165) is 12.8 Å². The first-order valence-electron chi connectivity index (χ1n) is 8.12. The van der Waals surface area contributed by atoms with Gasteiger partial charge in [-0.15, -0.1) is 0 Å². The van der Waals surface area contributed by atoms with Crippen LogP contribution in [0.15, 0.2) is 0 Å². The van der Waals surface area contributed by atoms with Crippen molar-refractivity contribution in [1.82, 2.24) is 4.31 Å². The van der Waals surface area contributed by atoms with Gasteiger partial charge >= 0.3 is 0 Å². The monoisotopic (exact) mass is 401 g/mol. The molecule has 0 spiro atoms. The van der Waals surface area contributed by atoms with Crippen LogP contribution in [-0.4, -0.2) is 83.1 Å². The molecule has 3 aliphatic heterocycles. The summed E-state index contributed by atoms with van der Waals surface area (Å²) in [6.07, 6.45) is 1.66. The Labute approximate surface area is 143 Å². The predicted molar refractivity (Wildman–Crippen MR) is 88.7 cm³/mol. The van der Waals surface area contributed by atoms with Crippen molar-refractivity contribution in [3.05, 3.63) is 0 Å². The molecule has 8 nitrogen and oxygen atoms in total. The van der Waals surface area contributed by atoms with E-state index in [1.54, 1.807) is 0 Å². The SMILES string of the molecule is O=S1(=O)CCC(N(CC2CCCO2)S(=O)(=O)C2CCS(=O)(=O)C2)C1. The highest BCUT2D eigenvalue weighted by Crippen LogP contribution is 2.29. The first-order valence-corrected chi connectivity index (χ1v) is 13.3. The molecule has 0 amide bonds. The minimum Gasteiger partial charge on any atom is -0.377 e. The van der Waals surface area contributed by atoms with Gasteiger partial charge < -0.3 is 4.74 Å². The fraction of sp³-hybridized carbons (Fsp3) is 1.00. The molecule has 0 aromatic rings. The summed E-state index contributed by atoms with van der Waals surface area (Å²) in [6, 6.07) is -0.618. The number of hydrogen-bond donors (Lipinski definition) is 0. The molecule has 3 rings (SSSR count). The molecule has 24 heavy (non-hydrogen) atoms. The minimum atomic E-state index is -3.88. The van der Waals surface area contributed by atoms with Crippen molar-refractivity contribution < 1.29 is 30.0 Å². The third-order valence-corrected chi connectivity index (χ3v) is 11.0. The first kappa shape index (κ1) is 18.6. The van der Waals surface area contributed by atoms with E-state index in [4.69, 9.17) is 4.74 Å². The third-order valence-electron chi connectivity index (χ3n) is 4.96. The molecule has 3 unspecified atom stereocenters. The van der Waals surface area contributed by atoms with Crippen LogP contribution in [0.4, 0.5) is 0 Å². The van der Waals surface area contributed by atoms with Crippen molar-refractivity contribution >= 4 is 29.7 Å². The first-order chi connectivity index (χ1) is 11.1. The summed E-state index contributed by atoms with van der Waals surface area (Å²) < 4.78 is 79.7. The Hall–Kier alpha value is -0.230. The lowest BCUT2D eigenvalue weighted by atomic mass is 10.2. The van der Waals surface area contributed by atoms with E-state index in [2.05, 4.69) is 0 Å². The molecule has 0 aromatic heterocycles. The Bertz CT molecular complexity index is 781. The van der Waals surface area contributed by atoms with Crippen LogP contribution in [0.5, 0.6) is 0 Å². The van der Waals surface area contributed by atoms with Crippen LogP contribution in [-0.2, 0) is 34.4 Å². The van der Waals surface area contributed by atoms with Crippen LogP contribution in [0.1, 0.15) is 25.7 Å². The van der Waals surface area contributed by atoms with Gasteiger partial charge in [-0.3, -0.25) is 0 Å². The number of hydrogen-bond acceptors (Lipinski definition) is 7. The largest absolute Gasteiger partial charge is 0.377 e. The van der Waals surface area contributed by atoms with E-state index in [1.165, 1.54) is 4.31 Å². The number of sulfone groups is 2. The normalized spacial score (nSPS) is 35.6. The molecule has 0 aliphatic carbocycles. The lowest BCUT2D eigenvalue weighted by Crippen LogP contribution is -2.49. The molecule has 11 heteroatoms. The van der Waals surface area contributed by atoms with Crippen LogP contribution >= 0.6 is 0 Å². The van der Waals surface area contributed by atoms with Crippen LogP contribution < -0.4 is 0 Å². The van der Waals surface area contributed by atoms with Gasteiger partial charge in [-0.2, -0.15) is 4.31 Å². The van der Waals surface area contributed by atoms with Crippen LogP contribution in [0.25, 0.3) is 0 Å². The number of ether oxygens (including phenoxy) is 1. The summed E-state index contributed by atoms with van der Waals surface area (Å²) in [5, 5.41) is -0.979. The van der Waals surface area contributed by atoms with E-state index in [0.29, 0.717) is 6.61 Å². The zero-order valence-corrected chi connectivity index (χ0v) is 15.8. The average molecular weight is 402 g/mol. The van der Waals surface area contributed by atoms with Gasteiger partial charge in [-0.25, -0.2) is 25.3 Å². The molecule has 3 heterocycles. The summed E-state index contributed by atoms with van der Waals surface area (Å²) in [5.74, 6) is -0.735. The summed E-state index contributed by atoms with van der Waals surface area (Å²) in [6.45, 7) is 0.679. The molecule has 0 N–H and O–H groups in total. The molecular weight excluding hydrogens is 378 g/mol. The van der Waals surface area contributed by atoms with Gasteiger partial charge in [0.2, 0.25) is 10.0 Å². The lowest BCUT2D eigenvalue weighted by molar-refractivity contribution is 0.0874. The molecule has 3 saturated heterocycles. The van der Waals surface area contributed by atoms with E-state index >= 15 is 0 Å². The van der Waals surface area contributed by atoms with E-state index < -0.39 is 41.0 Å². The van der Waals surface area contributed by atoms with E-state index in [-0.39, 0.29) is 48.5 Å². The highest BCUT2D eigenvalue weighted by atomic mass is 32.2. The van der Waals surface area contributed by atoms with Crippen molar-refractivity contribution in [2.24, 2.45) is 0 Å². The van der Waals surface area contributed by atoms with Gasteiger partial charge in [-0.05, 0) is 25.7 Å². The Morgan fingerprint density at radius 2 is 1.62 bits per heavy atom. The Morgan fingerprint density at radius 1 is 0.958 bits per heavy atom. The van der Waals surface area contributed by atoms with Gasteiger partial charge in [0.05, 0.1) is 34.4 Å². The highest BCUT2D eigenvalue weighted by molar-refractivity contribution is 7.95. The maximum atomic E-state index is 13.0. The highest BCUT2D eigenvalue weighted by Gasteiger charge is 2.46. The van der Waals surface area contributed by atoms with Crippen LogP contribution in [0.3, 0.4) is 0 Å². The van der Waals surface area contributed by atoms with Crippen molar-refractivity contribution in [3.8, 4) is 0 Å². The maximum absolute atomic E-state index is 13.0. The molecule has 140 valence electrons. The summed E-state index contributed by atoms with van der Waals surface area (Å²) >= 11 is 0. The second kappa shape index (κ2) is 6.49. The third kappa shape index (κ3) is 3.95. The van der Waals surface area contributed by atoms with Crippen molar-refractivity contribution in [2.75, 3.05) is 36.2 Å². The number of nitrogens with zero attached hydrogens (tertiary/aromatic N) is 1.